The van der Waals surface area contributed by atoms with Gasteiger partial charge >= 0.3 is 5.97 Å². The Hall–Kier alpha value is -4.73. The van der Waals surface area contributed by atoms with Crippen LogP contribution >= 0.6 is 11.3 Å². The van der Waals surface area contributed by atoms with Crippen LogP contribution in [0, 0.1) is 23.0 Å². The summed E-state index contributed by atoms with van der Waals surface area (Å²) in [6.07, 6.45) is 2.41. The van der Waals surface area contributed by atoms with Crippen LogP contribution in [-0.2, 0) is 29.0 Å². The number of esters is 1. The van der Waals surface area contributed by atoms with Crippen molar-refractivity contribution in [1.29, 1.82) is 5.26 Å². The van der Waals surface area contributed by atoms with Crippen molar-refractivity contribution in [2.45, 2.75) is 32.1 Å². The lowest BCUT2D eigenvalue weighted by atomic mass is 10.0. The lowest BCUT2D eigenvalue weighted by Gasteiger charge is -2.27. The first-order valence-electron chi connectivity index (χ1n) is 13.0. The van der Waals surface area contributed by atoms with Gasteiger partial charge in [0.05, 0.1) is 46.9 Å². The number of fused-ring (bicyclic) bond motifs is 1. The maximum absolute atomic E-state index is 15.5. The van der Waals surface area contributed by atoms with E-state index in [2.05, 4.69) is 15.0 Å². The second-order valence-corrected chi connectivity index (χ2v) is 10.7. The van der Waals surface area contributed by atoms with Crippen LogP contribution in [-0.4, -0.2) is 45.3 Å². The Bertz CT molecular complexity index is 1840. The molecule has 0 amide bonds. The molecule has 1 aliphatic rings. The molecule has 0 unspecified atom stereocenters. The Morgan fingerprint density at radius 2 is 2.05 bits per heavy atom. The third kappa shape index (κ3) is 5.57. The fourth-order valence-corrected chi connectivity index (χ4v) is 5.32. The maximum Gasteiger partial charge on any atom is 0.337 e. The molecule has 1 atom stereocenters. The highest BCUT2D eigenvalue weighted by molar-refractivity contribution is 7.12. The van der Waals surface area contributed by atoms with Crippen molar-refractivity contribution in [1.82, 2.24) is 19.5 Å². The number of nitrogens with zero attached hydrogens (tertiary/aromatic N) is 5. The number of halogens is 2. The molecular weight excluding hydrogens is 564 g/mol. The van der Waals surface area contributed by atoms with Crippen molar-refractivity contribution in [2.24, 2.45) is 0 Å². The second-order valence-electron chi connectivity index (χ2n) is 9.61. The fraction of sp³-hybridized carbons (Fsp3) is 0.233. The van der Waals surface area contributed by atoms with Gasteiger partial charge < -0.3 is 18.8 Å². The highest BCUT2D eigenvalue weighted by atomic mass is 32.1. The highest BCUT2D eigenvalue weighted by Crippen LogP contribution is 2.29. The zero-order valence-corrected chi connectivity index (χ0v) is 23.2. The van der Waals surface area contributed by atoms with Gasteiger partial charge in [-0.1, -0.05) is 6.07 Å². The van der Waals surface area contributed by atoms with Gasteiger partial charge in [-0.25, -0.2) is 28.5 Å². The predicted octanol–water partition coefficient (Wildman–Crippen LogP) is 5.45. The van der Waals surface area contributed by atoms with Crippen LogP contribution < -0.4 is 4.74 Å². The Balaban J connectivity index is 1.27. The van der Waals surface area contributed by atoms with E-state index in [9.17, 15) is 4.79 Å². The Kier molecular flexibility index (Phi) is 7.60. The van der Waals surface area contributed by atoms with Crippen molar-refractivity contribution >= 4 is 28.3 Å². The third-order valence-electron chi connectivity index (χ3n) is 6.92. The minimum atomic E-state index is -0.643. The van der Waals surface area contributed by atoms with Gasteiger partial charge in [-0.3, -0.25) is 0 Å². The maximum atomic E-state index is 15.5. The second kappa shape index (κ2) is 11.6. The minimum Gasteiger partial charge on any atom is -0.472 e. The van der Waals surface area contributed by atoms with E-state index in [1.54, 1.807) is 42.6 Å². The summed E-state index contributed by atoms with van der Waals surface area (Å²) in [5.41, 5.74) is 2.00. The van der Waals surface area contributed by atoms with Crippen molar-refractivity contribution in [2.75, 3.05) is 13.7 Å². The first-order valence-corrected chi connectivity index (χ1v) is 13.9. The average molecular weight is 588 g/mol. The largest absolute Gasteiger partial charge is 0.472 e. The number of imidazole rings is 1. The monoisotopic (exact) mass is 587 g/mol. The molecule has 1 fully saturated rings. The molecule has 9 nitrogen and oxygen atoms in total. The molecule has 1 aliphatic heterocycles. The van der Waals surface area contributed by atoms with E-state index in [0.717, 1.165) is 23.4 Å². The molecule has 0 aliphatic carbocycles. The predicted molar refractivity (Wildman–Crippen MR) is 149 cm³/mol. The van der Waals surface area contributed by atoms with E-state index in [0.29, 0.717) is 40.6 Å². The summed E-state index contributed by atoms with van der Waals surface area (Å²) in [6, 6.07) is 14.1. The zero-order valence-electron chi connectivity index (χ0n) is 22.3. The van der Waals surface area contributed by atoms with Gasteiger partial charge in [0.2, 0.25) is 5.88 Å². The molecule has 0 bridgehead atoms. The first kappa shape index (κ1) is 27.4. The number of hydrogen-bond donors (Lipinski definition) is 0. The number of carbonyl (C=O) groups is 1. The first-order chi connectivity index (χ1) is 20.4. The smallest absolute Gasteiger partial charge is 0.337 e. The van der Waals surface area contributed by atoms with Crippen LogP contribution in [0.5, 0.6) is 5.88 Å². The van der Waals surface area contributed by atoms with E-state index < -0.39 is 17.6 Å². The number of ether oxygens (including phenoxy) is 3. The molecule has 4 heterocycles. The number of benzene rings is 2. The number of methoxy groups -OCH3 is 1. The molecule has 0 spiro atoms. The molecule has 212 valence electrons. The van der Waals surface area contributed by atoms with Crippen LogP contribution in [0.4, 0.5) is 8.78 Å². The van der Waals surface area contributed by atoms with Crippen molar-refractivity contribution in [3.63, 3.8) is 0 Å². The molecule has 1 saturated heterocycles. The molecule has 42 heavy (non-hydrogen) atoms. The summed E-state index contributed by atoms with van der Waals surface area (Å²) in [6.45, 7) is 1.27. The summed E-state index contributed by atoms with van der Waals surface area (Å²) in [7, 11) is 1.31. The average Bonchev–Trinajstić information content (AvgIpc) is 3.59. The number of hydrogen-bond acceptors (Lipinski definition) is 9. The molecule has 6 rings (SSSR count). The van der Waals surface area contributed by atoms with E-state index in [-0.39, 0.29) is 41.8 Å². The number of thiazole rings is 1. The van der Waals surface area contributed by atoms with Gasteiger partial charge in [-0.2, -0.15) is 5.26 Å². The Labute approximate surface area is 243 Å². The van der Waals surface area contributed by atoms with E-state index in [1.807, 2.05) is 10.6 Å². The van der Waals surface area contributed by atoms with Crippen LogP contribution in [0.3, 0.4) is 0 Å². The van der Waals surface area contributed by atoms with Gasteiger partial charge in [-0.15, -0.1) is 11.3 Å². The lowest BCUT2D eigenvalue weighted by Crippen LogP contribution is -2.31. The summed E-state index contributed by atoms with van der Waals surface area (Å²) in [5, 5.41) is 9.26. The number of rotatable bonds is 9. The van der Waals surface area contributed by atoms with Crippen LogP contribution in [0.2, 0.25) is 0 Å². The molecule has 0 saturated carbocycles. The SMILES string of the molecule is COC(=O)c1ccc2nc(Cc3cc(F)c(-c4cccc(OCc5cnc(C#N)s5)n4)cc3F)n(C[C@@H]3CCO3)c2c1. The molecule has 3 aromatic heterocycles. The molecule has 2 aromatic carbocycles. The number of carbonyl (C=O) groups excluding carboxylic acids is 1. The standard InChI is InChI=1S/C30H23F2N5O4S/c1-39-30(38)17-5-6-25-26(10-17)37(15-19-7-8-40-19)27(35-25)11-18-9-23(32)21(12-22(18)31)24-3-2-4-28(36-24)41-16-20-14-34-29(13-33)42-20/h2-6,9-10,12,14,19H,7-8,11,15-16H2,1H3/t19-/m0/s1. The normalized spacial score (nSPS) is 14.4. The third-order valence-corrected chi connectivity index (χ3v) is 7.80. The van der Waals surface area contributed by atoms with Gasteiger partial charge in [0, 0.05) is 30.9 Å². The number of nitriles is 1. The van der Waals surface area contributed by atoms with Crippen LogP contribution in [0.25, 0.3) is 22.3 Å². The number of aromatic nitrogens is 4. The summed E-state index contributed by atoms with van der Waals surface area (Å²) < 4.78 is 48.9. The van der Waals surface area contributed by atoms with E-state index >= 15 is 8.78 Å². The quantitative estimate of drug-likeness (QED) is 0.209. The minimum absolute atomic E-state index is 0.00894. The van der Waals surface area contributed by atoms with Crippen molar-refractivity contribution in [3.8, 4) is 23.2 Å². The summed E-state index contributed by atoms with van der Waals surface area (Å²) in [4.78, 5) is 25.8. The number of pyridine rings is 1. The summed E-state index contributed by atoms with van der Waals surface area (Å²) in [5.74, 6) is -0.988. The highest BCUT2D eigenvalue weighted by Gasteiger charge is 2.24. The Morgan fingerprint density at radius 3 is 2.79 bits per heavy atom. The molecule has 12 heteroatoms. The van der Waals surface area contributed by atoms with E-state index in [4.69, 9.17) is 19.5 Å². The molecule has 0 radical (unpaired) electrons. The topological polar surface area (TPSA) is 112 Å². The van der Waals surface area contributed by atoms with Crippen LogP contribution in [0.15, 0.2) is 54.7 Å². The van der Waals surface area contributed by atoms with Gasteiger partial charge in [-0.05, 0) is 48.4 Å². The molecular formula is C30H23F2N5O4S. The molecule has 0 N–H and O–H groups in total. The van der Waals surface area contributed by atoms with Crippen molar-refractivity contribution in [3.05, 3.63) is 93.2 Å². The zero-order chi connectivity index (χ0) is 29.2. The van der Waals surface area contributed by atoms with Gasteiger partial charge in [0.15, 0.2) is 5.01 Å². The van der Waals surface area contributed by atoms with E-state index in [1.165, 1.54) is 18.4 Å². The lowest BCUT2D eigenvalue weighted by molar-refractivity contribution is -0.0589. The molecule has 5 aromatic rings. The van der Waals surface area contributed by atoms with Gasteiger partial charge in [0.25, 0.3) is 0 Å². The van der Waals surface area contributed by atoms with Gasteiger partial charge in [0.1, 0.15) is 30.1 Å². The van der Waals surface area contributed by atoms with Crippen molar-refractivity contribution < 1.29 is 27.8 Å². The summed E-state index contributed by atoms with van der Waals surface area (Å²) >= 11 is 1.20. The van der Waals surface area contributed by atoms with Crippen LogP contribution in [0.1, 0.15) is 38.1 Å². The Morgan fingerprint density at radius 1 is 1.19 bits per heavy atom. The fourth-order valence-electron chi connectivity index (χ4n) is 4.69.